The molecule has 2 amide bonds. The van der Waals surface area contributed by atoms with Crippen LogP contribution in [-0.4, -0.2) is 47.1 Å². The zero-order chi connectivity index (χ0) is 22.9. The van der Waals surface area contributed by atoms with Gasteiger partial charge in [0.2, 0.25) is 11.8 Å². The maximum absolute atomic E-state index is 13.0. The second-order valence-corrected chi connectivity index (χ2v) is 11.5. The lowest BCUT2D eigenvalue weighted by molar-refractivity contribution is -0.150. The third-order valence-corrected chi connectivity index (χ3v) is 8.03. The van der Waals surface area contributed by atoms with Crippen LogP contribution in [0.15, 0.2) is 0 Å². The fourth-order valence-electron chi connectivity index (χ4n) is 6.24. The number of nitrogens with one attached hydrogen (secondary N) is 1. The Balaban J connectivity index is 2.15. The maximum atomic E-state index is 13.0. The van der Waals surface area contributed by atoms with Crippen LogP contribution in [0.5, 0.6) is 0 Å². The first kappa shape index (κ1) is 25.2. The number of nitrogens with zero attached hydrogens (tertiary/aromatic N) is 1. The normalized spacial score (nSPS) is 35.3. The van der Waals surface area contributed by atoms with Crippen molar-refractivity contribution in [2.24, 2.45) is 34.5 Å². The van der Waals surface area contributed by atoms with E-state index < -0.39 is 6.10 Å². The fourth-order valence-corrected chi connectivity index (χ4v) is 6.24. The summed E-state index contributed by atoms with van der Waals surface area (Å²) in [6, 6.07) is 0.0973. The lowest BCUT2D eigenvalue weighted by Gasteiger charge is -2.56. The summed E-state index contributed by atoms with van der Waals surface area (Å²) in [4.78, 5) is 27.4. The Bertz CT molecular complexity index is 610. The SMILES string of the molecule is CCN(CC)C(=O)C(C)[C@@H]1CC[C@@]2(C)CC[C@H](NC(=O)CC(C)(C)C)[C@@H](C)[C@@H]2[C@H]1O. The van der Waals surface area contributed by atoms with E-state index in [0.717, 1.165) is 25.7 Å². The van der Waals surface area contributed by atoms with Crippen molar-refractivity contribution in [1.29, 1.82) is 0 Å². The van der Waals surface area contributed by atoms with Gasteiger partial charge in [-0.15, -0.1) is 0 Å². The molecule has 0 bridgehead atoms. The number of hydrogen-bond acceptors (Lipinski definition) is 3. The average Bonchev–Trinajstić information content (AvgIpc) is 2.63. The maximum Gasteiger partial charge on any atom is 0.225 e. The van der Waals surface area contributed by atoms with Gasteiger partial charge in [-0.25, -0.2) is 0 Å². The zero-order valence-electron chi connectivity index (χ0n) is 20.6. The van der Waals surface area contributed by atoms with Gasteiger partial charge in [-0.3, -0.25) is 9.59 Å². The topological polar surface area (TPSA) is 69.6 Å². The van der Waals surface area contributed by atoms with Crippen LogP contribution < -0.4 is 5.32 Å². The summed E-state index contributed by atoms with van der Waals surface area (Å²) in [5, 5.41) is 14.8. The van der Waals surface area contributed by atoms with Gasteiger partial charge in [0.25, 0.3) is 0 Å². The van der Waals surface area contributed by atoms with Gasteiger partial charge in [-0.2, -0.15) is 0 Å². The molecule has 0 aromatic rings. The van der Waals surface area contributed by atoms with E-state index in [1.807, 2.05) is 25.7 Å². The summed E-state index contributed by atoms with van der Waals surface area (Å²) in [5.41, 5.74) is 0.0464. The van der Waals surface area contributed by atoms with Gasteiger partial charge < -0.3 is 15.3 Å². The molecule has 0 aliphatic heterocycles. The summed E-state index contributed by atoms with van der Waals surface area (Å²) < 4.78 is 0. The van der Waals surface area contributed by atoms with Crippen LogP contribution in [0.2, 0.25) is 0 Å². The number of aliphatic hydroxyl groups excluding tert-OH is 1. The third-order valence-electron chi connectivity index (χ3n) is 8.03. The van der Waals surface area contributed by atoms with E-state index in [9.17, 15) is 14.7 Å². The van der Waals surface area contributed by atoms with Crippen LogP contribution in [-0.2, 0) is 9.59 Å². The van der Waals surface area contributed by atoms with Gasteiger partial charge in [0.05, 0.1) is 6.10 Å². The van der Waals surface area contributed by atoms with Gasteiger partial charge in [0.1, 0.15) is 0 Å². The summed E-state index contributed by atoms with van der Waals surface area (Å²) in [7, 11) is 0. The molecule has 5 heteroatoms. The van der Waals surface area contributed by atoms with Crippen molar-refractivity contribution >= 4 is 11.8 Å². The summed E-state index contributed by atoms with van der Waals surface area (Å²) in [6.45, 7) is 18.2. The molecule has 2 fully saturated rings. The van der Waals surface area contributed by atoms with Crippen molar-refractivity contribution < 1.29 is 14.7 Å². The summed E-state index contributed by atoms with van der Waals surface area (Å²) in [5.74, 6) is 0.384. The predicted octanol–water partition coefficient (Wildman–Crippen LogP) is 4.24. The number of rotatable bonds is 6. The van der Waals surface area contributed by atoms with Crippen LogP contribution in [0.25, 0.3) is 0 Å². The monoisotopic (exact) mass is 422 g/mol. The fraction of sp³-hybridized carbons (Fsp3) is 0.920. The summed E-state index contributed by atoms with van der Waals surface area (Å²) >= 11 is 0. The molecular formula is C25H46N2O3. The largest absolute Gasteiger partial charge is 0.392 e. The molecule has 0 aromatic heterocycles. The van der Waals surface area contributed by atoms with Crippen LogP contribution in [0.3, 0.4) is 0 Å². The Morgan fingerprint density at radius 1 is 1.17 bits per heavy atom. The van der Waals surface area contributed by atoms with Crippen molar-refractivity contribution in [2.75, 3.05) is 13.1 Å². The Kier molecular flexibility index (Phi) is 8.04. The van der Waals surface area contributed by atoms with Crippen LogP contribution in [0, 0.1) is 34.5 Å². The molecule has 2 aliphatic rings. The third kappa shape index (κ3) is 5.38. The molecule has 0 spiro atoms. The quantitative estimate of drug-likeness (QED) is 0.673. The Morgan fingerprint density at radius 3 is 2.27 bits per heavy atom. The van der Waals surface area contributed by atoms with E-state index in [-0.39, 0.29) is 52.4 Å². The molecule has 174 valence electrons. The second kappa shape index (κ2) is 9.58. The number of hydrogen-bond donors (Lipinski definition) is 2. The first-order valence-electron chi connectivity index (χ1n) is 12.1. The highest BCUT2D eigenvalue weighted by Gasteiger charge is 2.54. The number of fused-ring (bicyclic) bond motifs is 1. The molecule has 5 nitrogen and oxygen atoms in total. The van der Waals surface area contributed by atoms with Crippen molar-refractivity contribution in [3.63, 3.8) is 0 Å². The molecule has 2 aliphatic carbocycles. The van der Waals surface area contributed by atoms with E-state index in [0.29, 0.717) is 19.5 Å². The number of amides is 2. The number of carbonyl (C=O) groups is 2. The van der Waals surface area contributed by atoms with E-state index in [2.05, 4.69) is 39.9 Å². The van der Waals surface area contributed by atoms with Gasteiger partial charge in [0, 0.05) is 31.5 Å². The van der Waals surface area contributed by atoms with Crippen LogP contribution in [0.1, 0.15) is 87.5 Å². The van der Waals surface area contributed by atoms with Gasteiger partial charge in [-0.05, 0) is 68.1 Å². The highest BCUT2D eigenvalue weighted by molar-refractivity contribution is 5.79. The van der Waals surface area contributed by atoms with E-state index in [4.69, 9.17) is 0 Å². The molecule has 0 radical (unpaired) electrons. The molecule has 0 aromatic carbocycles. The number of aliphatic hydroxyl groups is 1. The Morgan fingerprint density at radius 2 is 1.73 bits per heavy atom. The van der Waals surface area contributed by atoms with Crippen molar-refractivity contribution in [3.05, 3.63) is 0 Å². The van der Waals surface area contributed by atoms with Crippen molar-refractivity contribution in [2.45, 2.75) is 99.6 Å². The first-order valence-corrected chi connectivity index (χ1v) is 12.1. The molecule has 2 N–H and O–H groups in total. The molecule has 0 saturated heterocycles. The van der Waals surface area contributed by atoms with E-state index >= 15 is 0 Å². The van der Waals surface area contributed by atoms with Gasteiger partial charge in [0.15, 0.2) is 0 Å². The molecule has 2 saturated carbocycles. The van der Waals surface area contributed by atoms with E-state index in [1.165, 1.54) is 0 Å². The minimum absolute atomic E-state index is 0.0114. The first-order chi connectivity index (χ1) is 13.8. The Hall–Kier alpha value is -1.10. The summed E-state index contributed by atoms with van der Waals surface area (Å²) in [6.07, 6.45) is 3.94. The molecule has 2 rings (SSSR count). The van der Waals surface area contributed by atoms with Crippen molar-refractivity contribution in [1.82, 2.24) is 10.2 Å². The smallest absolute Gasteiger partial charge is 0.225 e. The van der Waals surface area contributed by atoms with Crippen LogP contribution >= 0.6 is 0 Å². The minimum Gasteiger partial charge on any atom is -0.392 e. The Labute approximate surface area is 184 Å². The lowest BCUT2D eigenvalue weighted by atomic mass is 9.51. The zero-order valence-corrected chi connectivity index (χ0v) is 20.6. The lowest BCUT2D eigenvalue weighted by Crippen LogP contribution is -2.58. The molecule has 0 heterocycles. The highest BCUT2D eigenvalue weighted by Crippen LogP contribution is 2.55. The predicted molar refractivity (Wildman–Crippen MR) is 122 cm³/mol. The van der Waals surface area contributed by atoms with Crippen molar-refractivity contribution in [3.8, 4) is 0 Å². The minimum atomic E-state index is -0.504. The molecule has 7 atom stereocenters. The average molecular weight is 423 g/mol. The molecule has 30 heavy (non-hydrogen) atoms. The molecule has 1 unspecified atom stereocenters. The van der Waals surface area contributed by atoms with Gasteiger partial charge >= 0.3 is 0 Å². The van der Waals surface area contributed by atoms with E-state index in [1.54, 1.807) is 0 Å². The van der Waals surface area contributed by atoms with Gasteiger partial charge in [-0.1, -0.05) is 41.5 Å². The highest BCUT2D eigenvalue weighted by atomic mass is 16.3. The van der Waals surface area contributed by atoms with Crippen LogP contribution in [0.4, 0.5) is 0 Å². The molecular weight excluding hydrogens is 376 g/mol. The second-order valence-electron chi connectivity index (χ2n) is 11.5. The number of carbonyl (C=O) groups excluding carboxylic acids is 2. The standard InChI is InChI=1S/C25H46N2O3/c1-9-27(10-2)23(30)16(3)18-11-13-25(8)14-12-19(17(4)21(25)22(18)29)26-20(28)15-24(5,6)7/h16-19,21-22,29H,9-15H2,1-8H3,(H,26,28)/t16?,17-,18+,19+,21-,22+,25+/m1/s1.